The molecule has 1 aliphatic carbocycles. The summed E-state index contributed by atoms with van der Waals surface area (Å²) in [7, 11) is 0. The average Bonchev–Trinajstić information content (AvgIpc) is 2.23. The lowest BCUT2D eigenvalue weighted by atomic mass is 9.76. The Morgan fingerprint density at radius 3 is 2.53 bits per heavy atom. The molecule has 0 spiro atoms. The van der Waals surface area contributed by atoms with Crippen molar-refractivity contribution in [1.29, 1.82) is 0 Å². The van der Waals surface area contributed by atoms with Crippen molar-refractivity contribution in [3.05, 3.63) is 28.5 Å². The molecule has 2 rings (SSSR count). The van der Waals surface area contributed by atoms with Gasteiger partial charge in [-0.15, -0.1) is 0 Å². The van der Waals surface area contributed by atoms with Gasteiger partial charge in [-0.3, -0.25) is 4.79 Å². The molecule has 1 aromatic rings. The van der Waals surface area contributed by atoms with E-state index >= 15 is 0 Å². The molecule has 1 fully saturated rings. The van der Waals surface area contributed by atoms with Gasteiger partial charge in [0.1, 0.15) is 11.2 Å². The van der Waals surface area contributed by atoms with Crippen molar-refractivity contribution in [2.75, 3.05) is 0 Å². The molecular weight excluding hydrogens is 288 g/mol. The van der Waals surface area contributed by atoms with E-state index in [4.69, 9.17) is 5.11 Å². The topological polar surface area (TPSA) is 79.3 Å². The van der Waals surface area contributed by atoms with Gasteiger partial charge in [-0.2, -0.15) is 0 Å². The maximum absolute atomic E-state index is 11.8. The van der Waals surface area contributed by atoms with E-state index in [0.29, 0.717) is 12.8 Å². The number of aliphatic carboxylic acids is 1. The summed E-state index contributed by atoms with van der Waals surface area (Å²) in [6, 6.07) is 3.24. The van der Waals surface area contributed by atoms with Gasteiger partial charge < -0.3 is 10.4 Å². The van der Waals surface area contributed by atoms with Crippen molar-refractivity contribution in [3.63, 3.8) is 0 Å². The Kier molecular flexibility index (Phi) is 3.15. The first-order chi connectivity index (χ1) is 8.03. The van der Waals surface area contributed by atoms with E-state index < -0.39 is 17.4 Å². The SMILES string of the molecule is O=C(NC1(C(=O)O)CCC1)c1ccc(Br)cn1. The summed E-state index contributed by atoms with van der Waals surface area (Å²) in [4.78, 5) is 26.8. The monoisotopic (exact) mass is 298 g/mol. The van der Waals surface area contributed by atoms with Crippen LogP contribution >= 0.6 is 15.9 Å². The summed E-state index contributed by atoms with van der Waals surface area (Å²) in [6.45, 7) is 0. The third kappa shape index (κ3) is 2.31. The number of hydrogen-bond donors (Lipinski definition) is 2. The number of rotatable bonds is 3. The van der Waals surface area contributed by atoms with E-state index in [-0.39, 0.29) is 5.69 Å². The van der Waals surface area contributed by atoms with Gasteiger partial charge in [0.2, 0.25) is 0 Å². The lowest BCUT2D eigenvalue weighted by Crippen LogP contribution is -2.59. The fourth-order valence-electron chi connectivity index (χ4n) is 1.71. The molecule has 1 amide bonds. The number of hydrogen-bond acceptors (Lipinski definition) is 3. The number of pyridine rings is 1. The second-order valence-corrected chi connectivity index (χ2v) is 4.97. The molecule has 6 heteroatoms. The van der Waals surface area contributed by atoms with E-state index in [1.165, 1.54) is 6.20 Å². The Balaban J connectivity index is 2.11. The van der Waals surface area contributed by atoms with Crippen molar-refractivity contribution < 1.29 is 14.7 Å². The Hall–Kier alpha value is -1.43. The van der Waals surface area contributed by atoms with Crippen LogP contribution in [-0.2, 0) is 4.79 Å². The number of halogens is 1. The fraction of sp³-hybridized carbons (Fsp3) is 0.364. The summed E-state index contributed by atoms with van der Waals surface area (Å²) in [6.07, 6.45) is 3.28. The Labute approximate surface area is 106 Å². The van der Waals surface area contributed by atoms with Gasteiger partial charge in [0.25, 0.3) is 5.91 Å². The molecular formula is C11H11BrN2O3. The van der Waals surface area contributed by atoms with Crippen molar-refractivity contribution in [1.82, 2.24) is 10.3 Å². The Morgan fingerprint density at radius 2 is 2.12 bits per heavy atom. The van der Waals surface area contributed by atoms with Crippen LogP contribution < -0.4 is 5.32 Å². The molecule has 0 radical (unpaired) electrons. The predicted molar refractivity (Wildman–Crippen MR) is 63.6 cm³/mol. The van der Waals surface area contributed by atoms with Gasteiger partial charge in [0, 0.05) is 10.7 Å². The van der Waals surface area contributed by atoms with Crippen LogP contribution in [0.15, 0.2) is 22.8 Å². The standard InChI is InChI=1S/C11H11BrN2O3/c12-7-2-3-8(13-6-7)9(15)14-11(10(16)17)4-1-5-11/h2-3,6H,1,4-5H2,(H,14,15)(H,16,17). The second-order valence-electron chi connectivity index (χ2n) is 4.06. The smallest absolute Gasteiger partial charge is 0.329 e. The number of nitrogens with zero attached hydrogens (tertiary/aromatic N) is 1. The number of aromatic nitrogens is 1. The van der Waals surface area contributed by atoms with Crippen LogP contribution in [0.3, 0.4) is 0 Å². The summed E-state index contributed by atoms with van der Waals surface area (Å²) < 4.78 is 0.769. The van der Waals surface area contributed by atoms with Crippen molar-refractivity contribution >= 4 is 27.8 Å². The number of carboxylic acids is 1. The van der Waals surface area contributed by atoms with Crippen molar-refractivity contribution in [2.24, 2.45) is 0 Å². The molecule has 0 saturated heterocycles. The van der Waals surface area contributed by atoms with E-state index in [0.717, 1.165) is 10.9 Å². The maximum Gasteiger partial charge on any atom is 0.329 e. The quantitative estimate of drug-likeness (QED) is 0.888. The molecule has 0 aromatic carbocycles. The highest BCUT2D eigenvalue weighted by Gasteiger charge is 2.45. The zero-order valence-corrected chi connectivity index (χ0v) is 10.5. The van der Waals surface area contributed by atoms with Gasteiger partial charge in [0.05, 0.1) is 0 Å². The summed E-state index contributed by atoms with van der Waals surface area (Å²) in [5.41, 5.74) is -0.869. The largest absolute Gasteiger partial charge is 0.480 e. The third-order valence-electron chi connectivity index (χ3n) is 2.93. The lowest BCUT2D eigenvalue weighted by molar-refractivity contribution is -0.148. The molecule has 1 aliphatic rings. The number of amides is 1. The van der Waals surface area contributed by atoms with Crippen LogP contribution in [0.25, 0.3) is 0 Å². The van der Waals surface area contributed by atoms with Crippen LogP contribution in [0.2, 0.25) is 0 Å². The minimum atomic E-state index is -1.09. The molecule has 1 saturated carbocycles. The predicted octanol–water partition coefficient (Wildman–Crippen LogP) is 1.58. The van der Waals surface area contributed by atoms with Gasteiger partial charge >= 0.3 is 5.97 Å². The molecule has 5 nitrogen and oxygen atoms in total. The molecule has 90 valence electrons. The number of carboxylic acid groups (broad SMARTS) is 1. The van der Waals surface area contributed by atoms with E-state index in [1.807, 2.05) is 0 Å². The molecule has 0 aliphatic heterocycles. The van der Waals surface area contributed by atoms with Gasteiger partial charge in [0.15, 0.2) is 0 Å². The van der Waals surface area contributed by atoms with Gasteiger partial charge in [-0.05, 0) is 47.3 Å². The molecule has 1 heterocycles. The van der Waals surface area contributed by atoms with Crippen molar-refractivity contribution in [3.8, 4) is 0 Å². The zero-order chi connectivity index (χ0) is 12.5. The highest BCUT2D eigenvalue weighted by molar-refractivity contribution is 9.10. The second kappa shape index (κ2) is 4.44. The van der Waals surface area contributed by atoms with Crippen LogP contribution in [0.1, 0.15) is 29.8 Å². The minimum Gasteiger partial charge on any atom is -0.480 e. The lowest BCUT2D eigenvalue weighted by Gasteiger charge is -2.38. The van der Waals surface area contributed by atoms with E-state index in [1.54, 1.807) is 12.1 Å². The highest BCUT2D eigenvalue weighted by atomic mass is 79.9. The normalized spacial score (nSPS) is 17.0. The van der Waals surface area contributed by atoms with Crippen LogP contribution in [0.5, 0.6) is 0 Å². The maximum atomic E-state index is 11.8. The van der Waals surface area contributed by atoms with E-state index in [9.17, 15) is 9.59 Å². The Morgan fingerprint density at radius 1 is 1.41 bits per heavy atom. The van der Waals surface area contributed by atoms with Crippen molar-refractivity contribution in [2.45, 2.75) is 24.8 Å². The number of nitrogens with one attached hydrogen (secondary N) is 1. The van der Waals surface area contributed by atoms with Gasteiger partial charge in [-0.25, -0.2) is 9.78 Å². The molecule has 0 atom stereocenters. The van der Waals surface area contributed by atoms with Crippen LogP contribution in [0, 0.1) is 0 Å². The Bertz CT molecular complexity index is 454. The molecule has 0 bridgehead atoms. The minimum absolute atomic E-state index is 0.223. The first kappa shape index (κ1) is 12.0. The average molecular weight is 299 g/mol. The molecule has 2 N–H and O–H groups in total. The number of carbonyl (C=O) groups excluding carboxylic acids is 1. The highest BCUT2D eigenvalue weighted by Crippen LogP contribution is 2.32. The first-order valence-corrected chi connectivity index (χ1v) is 6.00. The fourth-order valence-corrected chi connectivity index (χ4v) is 1.95. The summed E-state index contributed by atoms with van der Waals surface area (Å²) in [5.74, 6) is -1.42. The summed E-state index contributed by atoms with van der Waals surface area (Å²) >= 11 is 3.22. The van der Waals surface area contributed by atoms with Crippen LogP contribution in [-0.4, -0.2) is 27.5 Å². The summed E-state index contributed by atoms with van der Waals surface area (Å²) in [5, 5.41) is 11.6. The number of carbonyl (C=O) groups is 2. The molecule has 17 heavy (non-hydrogen) atoms. The van der Waals surface area contributed by atoms with Gasteiger partial charge in [-0.1, -0.05) is 0 Å². The van der Waals surface area contributed by atoms with E-state index in [2.05, 4.69) is 26.2 Å². The molecule has 1 aromatic heterocycles. The first-order valence-electron chi connectivity index (χ1n) is 5.21. The zero-order valence-electron chi connectivity index (χ0n) is 8.94. The molecule has 0 unspecified atom stereocenters. The van der Waals surface area contributed by atoms with Crippen LogP contribution in [0.4, 0.5) is 0 Å². The third-order valence-corrected chi connectivity index (χ3v) is 3.40.